The van der Waals surface area contributed by atoms with E-state index in [1.807, 2.05) is 0 Å². The van der Waals surface area contributed by atoms with Gasteiger partial charge in [-0.1, -0.05) is 14.4 Å². The fraction of sp³-hybridized carbons (Fsp3) is 0.800. The number of rotatable bonds is 4. The standard InChI is InChI=1S/C4H9N3O2.CH4/c1-3(4(5)8)2-6-7-9;/h3H,2H2,1H3,(H2,5,8)(H,6,9);1H4. The van der Waals surface area contributed by atoms with Crippen molar-refractivity contribution in [3.05, 3.63) is 4.91 Å². The third kappa shape index (κ3) is 5.02. The molecule has 0 spiro atoms. The first-order valence-electron chi connectivity index (χ1n) is 2.53. The Morgan fingerprint density at radius 3 is 2.60 bits per heavy atom. The fourth-order valence-corrected chi connectivity index (χ4v) is 0.275. The zero-order valence-corrected chi connectivity index (χ0v) is 5.13. The molecule has 0 aliphatic rings. The van der Waals surface area contributed by atoms with Crippen LogP contribution in [-0.4, -0.2) is 12.5 Å². The molecule has 0 bridgehead atoms. The molecule has 3 N–H and O–H groups in total. The van der Waals surface area contributed by atoms with Crippen LogP contribution < -0.4 is 11.2 Å². The smallest absolute Gasteiger partial charge is 0.222 e. The Hall–Kier alpha value is -1.13. The van der Waals surface area contributed by atoms with Crippen molar-refractivity contribution < 1.29 is 4.79 Å². The summed E-state index contributed by atoms with van der Waals surface area (Å²) in [5, 5.41) is 2.35. The van der Waals surface area contributed by atoms with Gasteiger partial charge in [0, 0.05) is 11.8 Å². The third-order valence-electron chi connectivity index (χ3n) is 0.948. The average molecular weight is 147 g/mol. The maximum atomic E-state index is 10.2. The van der Waals surface area contributed by atoms with Crippen LogP contribution in [-0.2, 0) is 4.79 Å². The summed E-state index contributed by atoms with van der Waals surface area (Å²) in [4.78, 5) is 19.7. The number of amides is 1. The number of primary amides is 1. The van der Waals surface area contributed by atoms with Crippen molar-refractivity contribution in [1.82, 2.24) is 5.43 Å². The molecule has 0 aromatic carbocycles. The molecule has 0 rings (SSSR count). The van der Waals surface area contributed by atoms with E-state index in [-0.39, 0.29) is 19.9 Å². The Kier molecular flexibility index (Phi) is 6.98. The number of nitroso groups, excluding NO2 is 1. The predicted molar refractivity (Wildman–Crippen MR) is 38.9 cm³/mol. The quantitative estimate of drug-likeness (QED) is 0.434. The van der Waals surface area contributed by atoms with Crippen molar-refractivity contribution in [1.29, 1.82) is 0 Å². The van der Waals surface area contributed by atoms with Crippen molar-refractivity contribution in [3.63, 3.8) is 0 Å². The Balaban J connectivity index is 0. The summed E-state index contributed by atoms with van der Waals surface area (Å²) in [5.41, 5.74) is 6.95. The minimum absolute atomic E-state index is 0. The zero-order chi connectivity index (χ0) is 7.28. The minimum atomic E-state index is -0.439. The van der Waals surface area contributed by atoms with E-state index < -0.39 is 5.91 Å². The van der Waals surface area contributed by atoms with Gasteiger partial charge in [-0.15, -0.1) is 4.91 Å². The summed E-state index contributed by atoms with van der Waals surface area (Å²) in [6.07, 6.45) is 0. The molecule has 5 heteroatoms. The molecule has 0 aromatic rings. The van der Waals surface area contributed by atoms with Crippen molar-refractivity contribution in [3.8, 4) is 0 Å². The second kappa shape index (κ2) is 6.00. The van der Waals surface area contributed by atoms with Crippen molar-refractivity contribution >= 4 is 5.91 Å². The van der Waals surface area contributed by atoms with Crippen LogP contribution in [0.25, 0.3) is 0 Å². The molecule has 0 fully saturated rings. The van der Waals surface area contributed by atoms with Gasteiger partial charge in [0.1, 0.15) is 0 Å². The molecule has 0 radical (unpaired) electrons. The van der Waals surface area contributed by atoms with Crippen molar-refractivity contribution in [2.45, 2.75) is 14.4 Å². The largest absolute Gasteiger partial charge is 0.369 e. The number of carbonyl (C=O) groups is 1. The first kappa shape index (κ1) is 11.6. The molecule has 0 saturated carbocycles. The molecule has 0 aliphatic heterocycles. The highest BCUT2D eigenvalue weighted by atomic mass is 16.3. The second-order valence-corrected chi connectivity index (χ2v) is 1.76. The summed E-state index contributed by atoms with van der Waals surface area (Å²) in [5.74, 6) is -0.783. The Morgan fingerprint density at radius 1 is 1.80 bits per heavy atom. The van der Waals surface area contributed by atoms with E-state index in [2.05, 4.69) is 10.7 Å². The first-order chi connectivity index (χ1) is 4.18. The molecular formula is C5H13N3O2. The highest BCUT2D eigenvalue weighted by Crippen LogP contribution is 1.87. The van der Waals surface area contributed by atoms with Gasteiger partial charge in [-0.2, -0.15) is 0 Å². The van der Waals surface area contributed by atoms with E-state index in [9.17, 15) is 9.70 Å². The fourth-order valence-electron chi connectivity index (χ4n) is 0.275. The lowest BCUT2D eigenvalue weighted by Crippen LogP contribution is -2.28. The van der Waals surface area contributed by atoms with Gasteiger partial charge < -0.3 is 5.73 Å². The van der Waals surface area contributed by atoms with E-state index >= 15 is 0 Å². The lowest BCUT2D eigenvalue weighted by atomic mass is 10.2. The second-order valence-electron chi connectivity index (χ2n) is 1.76. The van der Waals surface area contributed by atoms with Crippen LogP contribution in [0.2, 0.25) is 0 Å². The van der Waals surface area contributed by atoms with Crippen LogP contribution in [0.4, 0.5) is 0 Å². The Bertz CT molecular complexity index is 115. The third-order valence-corrected chi connectivity index (χ3v) is 0.948. The van der Waals surface area contributed by atoms with Crippen LogP contribution in [0.3, 0.4) is 0 Å². The van der Waals surface area contributed by atoms with Gasteiger partial charge in [0.15, 0.2) is 0 Å². The summed E-state index contributed by atoms with van der Waals surface area (Å²) in [6.45, 7) is 1.82. The maximum Gasteiger partial charge on any atom is 0.222 e. The van der Waals surface area contributed by atoms with Gasteiger partial charge in [-0.25, -0.2) is 0 Å². The van der Waals surface area contributed by atoms with Gasteiger partial charge in [0.2, 0.25) is 5.91 Å². The normalized spacial score (nSPS) is 10.9. The van der Waals surface area contributed by atoms with E-state index in [1.54, 1.807) is 6.92 Å². The Labute approximate surface area is 59.9 Å². The van der Waals surface area contributed by atoms with E-state index in [0.29, 0.717) is 0 Å². The van der Waals surface area contributed by atoms with E-state index in [1.165, 1.54) is 0 Å². The predicted octanol–water partition coefficient (Wildman–Crippen LogP) is 0.0149. The van der Waals surface area contributed by atoms with E-state index in [0.717, 1.165) is 0 Å². The van der Waals surface area contributed by atoms with Crippen LogP contribution in [0.15, 0.2) is 5.29 Å². The molecule has 0 saturated heterocycles. The molecule has 1 atom stereocenters. The highest BCUT2D eigenvalue weighted by molar-refractivity contribution is 5.76. The lowest BCUT2D eigenvalue weighted by molar-refractivity contribution is -0.121. The van der Waals surface area contributed by atoms with Crippen molar-refractivity contribution in [2.75, 3.05) is 6.54 Å². The molecule has 1 unspecified atom stereocenters. The summed E-state index contributed by atoms with van der Waals surface area (Å²) in [7, 11) is 0. The topological polar surface area (TPSA) is 84.6 Å². The SMILES string of the molecule is C.CC(CNN=O)C(N)=O. The molecule has 60 valence electrons. The summed E-state index contributed by atoms with van der Waals surface area (Å²) in [6, 6.07) is 0. The van der Waals surface area contributed by atoms with Crippen LogP contribution >= 0.6 is 0 Å². The lowest BCUT2D eigenvalue weighted by Gasteiger charge is -2.02. The number of nitrogens with one attached hydrogen (secondary N) is 1. The van der Waals surface area contributed by atoms with E-state index in [4.69, 9.17) is 5.73 Å². The van der Waals surface area contributed by atoms with Gasteiger partial charge >= 0.3 is 0 Å². The van der Waals surface area contributed by atoms with Gasteiger partial charge in [0.05, 0.1) is 5.92 Å². The molecule has 0 aliphatic carbocycles. The molecular weight excluding hydrogens is 134 g/mol. The molecule has 0 heterocycles. The number of hydrogen-bond donors (Lipinski definition) is 2. The maximum absolute atomic E-state index is 10.2. The van der Waals surface area contributed by atoms with Gasteiger partial charge in [0.25, 0.3) is 0 Å². The first-order valence-corrected chi connectivity index (χ1v) is 2.53. The molecule has 0 aromatic heterocycles. The van der Waals surface area contributed by atoms with Gasteiger partial charge in [-0.05, 0) is 0 Å². The average Bonchev–Trinajstić information content (AvgIpc) is 1.82. The number of hydrogen-bond acceptors (Lipinski definition) is 3. The number of nitrogens with two attached hydrogens (primary N) is 1. The number of carbonyl (C=O) groups excluding carboxylic acids is 1. The van der Waals surface area contributed by atoms with Crippen LogP contribution in [0, 0.1) is 10.8 Å². The molecule has 1 amide bonds. The molecule has 10 heavy (non-hydrogen) atoms. The monoisotopic (exact) mass is 147 g/mol. The number of nitrogens with zero attached hydrogens (tertiary/aromatic N) is 1. The summed E-state index contributed by atoms with van der Waals surface area (Å²) < 4.78 is 0. The van der Waals surface area contributed by atoms with Crippen molar-refractivity contribution in [2.24, 2.45) is 16.9 Å². The Morgan fingerprint density at radius 2 is 2.30 bits per heavy atom. The van der Waals surface area contributed by atoms with Crippen LogP contribution in [0.5, 0.6) is 0 Å². The highest BCUT2D eigenvalue weighted by Gasteiger charge is 2.06. The minimum Gasteiger partial charge on any atom is -0.369 e. The molecule has 5 nitrogen and oxygen atoms in total. The summed E-state index contributed by atoms with van der Waals surface area (Å²) >= 11 is 0. The van der Waals surface area contributed by atoms with Gasteiger partial charge in [-0.3, -0.25) is 10.2 Å². The van der Waals surface area contributed by atoms with Crippen LogP contribution in [0.1, 0.15) is 14.4 Å². The zero-order valence-electron chi connectivity index (χ0n) is 5.13.